The molecule has 6 heteroatoms. The number of carbonyl (C=O) groups is 2. The maximum Gasteiger partial charge on any atom is 0.254 e. The number of nitrogens with one attached hydrogen (secondary N) is 1. The van der Waals surface area contributed by atoms with Crippen LogP contribution in [-0.4, -0.2) is 34.8 Å². The van der Waals surface area contributed by atoms with Crippen LogP contribution in [0.1, 0.15) is 28.9 Å². The number of ether oxygens (including phenoxy) is 1. The van der Waals surface area contributed by atoms with Crippen molar-refractivity contribution in [1.29, 1.82) is 0 Å². The van der Waals surface area contributed by atoms with Gasteiger partial charge < -0.3 is 15.0 Å². The van der Waals surface area contributed by atoms with Gasteiger partial charge in [-0.15, -0.1) is 0 Å². The maximum atomic E-state index is 13.1. The Morgan fingerprint density at radius 3 is 2.58 bits per heavy atom. The highest BCUT2D eigenvalue weighted by Gasteiger charge is 2.29. The Kier molecular flexibility index (Phi) is 6.26. The summed E-state index contributed by atoms with van der Waals surface area (Å²) in [5.74, 6) is 1.41. The van der Waals surface area contributed by atoms with E-state index in [2.05, 4.69) is 10.3 Å². The molecule has 0 radical (unpaired) electrons. The first-order valence-electron chi connectivity index (χ1n) is 10.5. The number of anilines is 1. The van der Waals surface area contributed by atoms with Crippen molar-refractivity contribution >= 4 is 17.6 Å². The van der Waals surface area contributed by atoms with E-state index in [9.17, 15) is 9.59 Å². The molecule has 1 saturated heterocycles. The van der Waals surface area contributed by atoms with E-state index in [4.69, 9.17) is 4.74 Å². The predicted octanol–water partition coefficient (Wildman–Crippen LogP) is 4.67. The van der Waals surface area contributed by atoms with Crippen LogP contribution in [0.2, 0.25) is 0 Å². The molecule has 0 bridgehead atoms. The largest absolute Gasteiger partial charge is 0.457 e. The SMILES string of the molecule is Cc1cccc(NC(=O)C2CCCN(C(=O)c3cccc(Oc4ccccc4)c3)C2)n1. The van der Waals surface area contributed by atoms with Crippen molar-refractivity contribution in [2.45, 2.75) is 19.8 Å². The van der Waals surface area contributed by atoms with Crippen molar-refractivity contribution < 1.29 is 14.3 Å². The summed E-state index contributed by atoms with van der Waals surface area (Å²) in [6, 6.07) is 22.1. The number of piperidine rings is 1. The van der Waals surface area contributed by atoms with Gasteiger partial charge in [0.25, 0.3) is 5.91 Å². The van der Waals surface area contributed by atoms with Crippen LogP contribution in [0.25, 0.3) is 0 Å². The molecule has 1 aromatic heterocycles. The Morgan fingerprint density at radius 2 is 1.77 bits per heavy atom. The fraction of sp³-hybridized carbons (Fsp3) is 0.240. The fourth-order valence-corrected chi connectivity index (χ4v) is 3.72. The van der Waals surface area contributed by atoms with Gasteiger partial charge in [0.05, 0.1) is 5.92 Å². The molecule has 1 atom stereocenters. The minimum Gasteiger partial charge on any atom is -0.457 e. The monoisotopic (exact) mass is 415 g/mol. The first kappa shape index (κ1) is 20.6. The molecule has 0 spiro atoms. The van der Waals surface area contributed by atoms with Crippen molar-refractivity contribution in [3.8, 4) is 11.5 Å². The predicted molar refractivity (Wildman–Crippen MR) is 119 cm³/mol. The summed E-state index contributed by atoms with van der Waals surface area (Å²) in [7, 11) is 0. The Bertz CT molecular complexity index is 1070. The number of aromatic nitrogens is 1. The molecule has 2 heterocycles. The third kappa shape index (κ3) is 5.28. The van der Waals surface area contributed by atoms with Crippen molar-refractivity contribution in [3.63, 3.8) is 0 Å². The molecule has 4 rings (SSSR count). The third-order valence-electron chi connectivity index (χ3n) is 5.28. The molecule has 1 unspecified atom stereocenters. The van der Waals surface area contributed by atoms with E-state index >= 15 is 0 Å². The number of hydrogen-bond donors (Lipinski definition) is 1. The number of aryl methyl sites for hydroxylation is 1. The lowest BCUT2D eigenvalue weighted by atomic mass is 9.96. The number of amides is 2. The van der Waals surface area contributed by atoms with E-state index in [-0.39, 0.29) is 17.7 Å². The lowest BCUT2D eigenvalue weighted by Crippen LogP contribution is -2.43. The van der Waals surface area contributed by atoms with Crippen molar-refractivity contribution in [2.75, 3.05) is 18.4 Å². The van der Waals surface area contributed by atoms with Crippen LogP contribution in [-0.2, 0) is 4.79 Å². The molecule has 0 aliphatic carbocycles. The van der Waals surface area contributed by atoms with Crippen LogP contribution in [0.5, 0.6) is 11.5 Å². The lowest BCUT2D eigenvalue weighted by molar-refractivity contribution is -0.121. The number of nitrogens with zero attached hydrogens (tertiary/aromatic N) is 2. The van der Waals surface area contributed by atoms with E-state index in [0.717, 1.165) is 18.5 Å². The number of pyridine rings is 1. The summed E-state index contributed by atoms with van der Waals surface area (Å²) in [5, 5.41) is 2.88. The normalized spacial score (nSPS) is 15.9. The van der Waals surface area contributed by atoms with Gasteiger partial charge in [-0.3, -0.25) is 9.59 Å². The van der Waals surface area contributed by atoms with Gasteiger partial charge in [0, 0.05) is 24.3 Å². The maximum absolute atomic E-state index is 13.1. The molecule has 1 aliphatic heterocycles. The molecular weight excluding hydrogens is 390 g/mol. The summed E-state index contributed by atoms with van der Waals surface area (Å²) in [6.07, 6.45) is 1.53. The van der Waals surface area contributed by atoms with Gasteiger partial charge in [-0.25, -0.2) is 4.98 Å². The van der Waals surface area contributed by atoms with Gasteiger partial charge in [0.15, 0.2) is 0 Å². The first-order valence-corrected chi connectivity index (χ1v) is 10.5. The summed E-state index contributed by atoms with van der Waals surface area (Å²) >= 11 is 0. The molecule has 0 saturated carbocycles. The molecule has 3 aromatic rings. The highest BCUT2D eigenvalue weighted by atomic mass is 16.5. The highest BCUT2D eigenvalue weighted by molar-refractivity contribution is 5.96. The zero-order chi connectivity index (χ0) is 21.6. The summed E-state index contributed by atoms with van der Waals surface area (Å²) in [4.78, 5) is 31.9. The van der Waals surface area contributed by atoms with E-state index < -0.39 is 0 Å². The number of para-hydroxylation sites is 1. The lowest BCUT2D eigenvalue weighted by Gasteiger charge is -2.32. The molecule has 6 nitrogen and oxygen atoms in total. The average Bonchev–Trinajstić information content (AvgIpc) is 2.79. The second-order valence-corrected chi connectivity index (χ2v) is 7.69. The molecule has 1 N–H and O–H groups in total. The van der Waals surface area contributed by atoms with Crippen molar-refractivity contribution in [3.05, 3.63) is 84.1 Å². The molecule has 2 aromatic carbocycles. The van der Waals surface area contributed by atoms with Gasteiger partial charge >= 0.3 is 0 Å². The van der Waals surface area contributed by atoms with Gasteiger partial charge in [-0.2, -0.15) is 0 Å². The second kappa shape index (κ2) is 9.43. The standard InChI is InChI=1S/C25H25N3O3/c1-18-8-5-14-23(26-18)27-24(29)20-10-7-15-28(17-20)25(30)19-9-6-13-22(16-19)31-21-11-3-2-4-12-21/h2-6,8-9,11-14,16,20H,7,10,15,17H2,1H3,(H,26,27,29). The van der Waals surface area contributed by atoms with E-state index in [1.807, 2.05) is 61.5 Å². The van der Waals surface area contributed by atoms with Gasteiger partial charge in [-0.05, 0) is 62.2 Å². The molecule has 2 amide bonds. The molecular formula is C25H25N3O3. The third-order valence-corrected chi connectivity index (χ3v) is 5.28. The molecule has 1 aliphatic rings. The minimum absolute atomic E-state index is 0.0929. The summed E-state index contributed by atoms with van der Waals surface area (Å²) < 4.78 is 5.85. The Labute approximate surface area is 181 Å². The number of carbonyl (C=O) groups excluding carboxylic acids is 2. The summed E-state index contributed by atoms with van der Waals surface area (Å²) in [6.45, 7) is 2.90. The zero-order valence-corrected chi connectivity index (χ0v) is 17.5. The average molecular weight is 415 g/mol. The van der Waals surface area contributed by atoms with Crippen molar-refractivity contribution in [2.24, 2.45) is 5.92 Å². The van der Waals surface area contributed by atoms with Gasteiger partial charge in [0.1, 0.15) is 17.3 Å². The topological polar surface area (TPSA) is 71.5 Å². The van der Waals surface area contributed by atoms with Gasteiger partial charge in [-0.1, -0.05) is 30.3 Å². The Morgan fingerprint density at radius 1 is 1.00 bits per heavy atom. The van der Waals surface area contributed by atoms with Crippen LogP contribution in [0.3, 0.4) is 0 Å². The number of likely N-dealkylation sites (tertiary alicyclic amines) is 1. The first-order chi connectivity index (χ1) is 15.1. The van der Waals surface area contributed by atoms with Gasteiger partial charge in [0.2, 0.25) is 5.91 Å². The van der Waals surface area contributed by atoms with E-state index in [1.165, 1.54) is 0 Å². The quantitative estimate of drug-likeness (QED) is 0.657. The van der Waals surface area contributed by atoms with Crippen molar-refractivity contribution in [1.82, 2.24) is 9.88 Å². The fourth-order valence-electron chi connectivity index (χ4n) is 3.72. The smallest absolute Gasteiger partial charge is 0.254 e. The van der Waals surface area contributed by atoms with Crippen LogP contribution in [0, 0.1) is 12.8 Å². The van der Waals surface area contributed by atoms with Crippen LogP contribution in [0.15, 0.2) is 72.8 Å². The Balaban J connectivity index is 1.41. The second-order valence-electron chi connectivity index (χ2n) is 7.69. The number of hydrogen-bond acceptors (Lipinski definition) is 4. The minimum atomic E-state index is -0.260. The molecule has 158 valence electrons. The summed E-state index contributed by atoms with van der Waals surface area (Å²) in [5.41, 5.74) is 1.39. The van der Waals surface area contributed by atoms with E-state index in [0.29, 0.717) is 36.0 Å². The number of rotatable bonds is 5. The zero-order valence-electron chi connectivity index (χ0n) is 17.5. The van der Waals surface area contributed by atoms with E-state index in [1.54, 1.807) is 23.1 Å². The number of benzene rings is 2. The van der Waals surface area contributed by atoms with Crippen LogP contribution in [0.4, 0.5) is 5.82 Å². The molecule has 1 fully saturated rings. The highest BCUT2D eigenvalue weighted by Crippen LogP contribution is 2.24. The Hall–Kier alpha value is -3.67. The van der Waals surface area contributed by atoms with Crippen LogP contribution < -0.4 is 10.1 Å². The molecule has 31 heavy (non-hydrogen) atoms. The van der Waals surface area contributed by atoms with Crippen LogP contribution >= 0.6 is 0 Å².